The maximum atomic E-state index is 15.1. The second kappa shape index (κ2) is 11.7. The first-order chi connectivity index (χ1) is 20.7. The summed E-state index contributed by atoms with van der Waals surface area (Å²) in [6.45, 7) is 6.31. The van der Waals surface area contributed by atoms with Crippen molar-refractivity contribution in [2.24, 2.45) is 0 Å². The molecule has 2 aromatic carbocycles. The number of nitrogens with one attached hydrogen (secondary N) is 1. The molecule has 0 aliphatic carbocycles. The van der Waals surface area contributed by atoms with E-state index in [0.717, 1.165) is 19.1 Å². The summed E-state index contributed by atoms with van der Waals surface area (Å²) in [5.41, 5.74) is -5.55. The first kappa shape index (κ1) is 32.1. The van der Waals surface area contributed by atoms with Crippen molar-refractivity contribution in [3.05, 3.63) is 69.8 Å². The number of carbonyl (C=O) groups excluding carboxylic acids is 5. The number of hydrogen-bond acceptors (Lipinski definition) is 12. The molecule has 1 fully saturated rings. The van der Waals surface area contributed by atoms with Crippen LogP contribution in [0.5, 0.6) is 0 Å². The number of amides is 2. The van der Waals surface area contributed by atoms with Crippen LogP contribution in [0.25, 0.3) is 0 Å². The monoisotopic (exact) mass is 611 g/mol. The van der Waals surface area contributed by atoms with Gasteiger partial charge in [-0.25, -0.2) is 14.5 Å². The van der Waals surface area contributed by atoms with E-state index < -0.39 is 69.8 Å². The van der Waals surface area contributed by atoms with Crippen LogP contribution in [-0.2, 0) is 43.5 Å². The van der Waals surface area contributed by atoms with E-state index in [9.17, 15) is 29.3 Å². The van der Waals surface area contributed by atoms with Crippen LogP contribution in [0.3, 0.4) is 0 Å². The Morgan fingerprint density at radius 1 is 1.02 bits per heavy atom. The SMILES string of the molecule is CCOC(=O)[C@@H]1N[C@@](CC(=O)OC)(C(=O)OC)C2(C(=O)N(C(=O)OC(C)(C)C)c3ccccc32)[C@H]1c1ccc([N+](=O)[O-])cc1. The predicted molar refractivity (Wildman–Crippen MR) is 153 cm³/mol. The topological polar surface area (TPSA) is 181 Å². The quantitative estimate of drug-likeness (QED) is 0.210. The van der Waals surface area contributed by atoms with Gasteiger partial charge in [0.1, 0.15) is 22.6 Å². The Balaban J connectivity index is 2.16. The molecule has 1 unspecified atom stereocenters. The van der Waals surface area contributed by atoms with Gasteiger partial charge in [-0.2, -0.15) is 0 Å². The molecule has 44 heavy (non-hydrogen) atoms. The third-order valence-electron chi connectivity index (χ3n) is 7.74. The predicted octanol–water partition coefficient (Wildman–Crippen LogP) is 2.91. The van der Waals surface area contributed by atoms with Gasteiger partial charge in [-0.3, -0.25) is 29.8 Å². The fourth-order valence-electron chi connectivity index (χ4n) is 6.20. The molecule has 2 heterocycles. The Hall–Kier alpha value is -4.85. The number of benzene rings is 2. The largest absolute Gasteiger partial charge is 0.469 e. The number of anilines is 1. The van der Waals surface area contributed by atoms with Crippen molar-refractivity contribution in [3.8, 4) is 0 Å². The van der Waals surface area contributed by atoms with Crippen molar-refractivity contribution in [3.63, 3.8) is 0 Å². The Labute approximate surface area is 252 Å². The number of nitro benzene ring substituents is 1. The summed E-state index contributed by atoms with van der Waals surface area (Å²) in [6, 6.07) is 9.66. The molecule has 4 atom stereocenters. The van der Waals surface area contributed by atoms with Gasteiger partial charge in [0.2, 0.25) is 5.91 Å². The van der Waals surface area contributed by atoms with Gasteiger partial charge in [0.15, 0.2) is 0 Å². The Morgan fingerprint density at radius 2 is 1.66 bits per heavy atom. The summed E-state index contributed by atoms with van der Waals surface area (Å²) in [6.07, 6.45) is -1.87. The van der Waals surface area contributed by atoms with Gasteiger partial charge in [-0.1, -0.05) is 30.3 Å². The zero-order valence-electron chi connectivity index (χ0n) is 25.1. The smallest absolute Gasteiger partial charge is 0.421 e. The van der Waals surface area contributed by atoms with Crippen molar-refractivity contribution in [1.29, 1.82) is 0 Å². The van der Waals surface area contributed by atoms with E-state index >= 15 is 4.79 Å². The fraction of sp³-hybridized carbons (Fsp3) is 0.433. The third-order valence-corrected chi connectivity index (χ3v) is 7.74. The second-order valence-corrected chi connectivity index (χ2v) is 11.3. The van der Waals surface area contributed by atoms with Gasteiger partial charge in [0.05, 0.1) is 37.9 Å². The number of methoxy groups -OCH3 is 2. The number of para-hydroxylation sites is 1. The van der Waals surface area contributed by atoms with Gasteiger partial charge in [-0.05, 0) is 44.9 Å². The van der Waals surface area contributed by atoms with Crippen LogP contribution in [0, 0.1) is 10.1 Å². The first-order valence-corrected chi connectivity index (χ1v) is 13.7. The summed E-state index contributed by atoms with van der Waals surface area (Å²) >= 11 is 0. The molecule has 0 radical (unpaired) electrons. The zero-order chi connectivity index (χ0) is 32.6. The molecule has 2 aromatic rings. The zero-order valence-corrected chi connectivity index (χ0v) is 25.1. The van der Waals surface area contributed by atoms with Crippen LogP contribution in [0.15, 0.2) is 48.5 Å². The molecular weight excluding hydrogens is 578 g/mol. The molecule has 14 nitrogen and oxygen atoms in total. The average molecular weight is 612 g/mol. The number of hydrogen-bond donors (Lipinski definition) is 1. The van der Waals surface area contributed by atoms with Crippen molar-refractivity contribution in [1.82, 2.24) is 5.32 Å². The minimum Gasteiger partial charge on any atom is -0.469 e. The molecule has 0 aromatic heterocycles. The summed E-state index contributed by atoms with van der Waals surface area (Å²) in [7, 11) is 2.13. The van der Waals surface area contributed by atoms with Crippen LogP contribution in [0.1, 0.15) is 51.2 Å². The molecule has 1 N–H and O–H groups in total. The van der Waals surface area contributed by atoms with Gasteiger partial charge < -0.3 is 18.9 Å². The number of ether oxygens (including phenoxy) is 4. The van der Waals surface area contributed by atoms with Crippen LogP contribution in [0.4, 0.5) is 16.2 Å². The standard InChI is InChI=1S/C30H33N3O11/c1-7-43-24(35)23-22(17-12-14-18(15-13-17)33(39)40)30(29(31-23,26(37)42-6)16-21(34)41-5)19-10-8-9-11-20(19)32(25(30)36)27(38)44-28(2,3)4/h8-15,22-23,31H,7,16H2,1-6H3/t22-,23+,29-,30?/m0/s1. The molecule has 2 aliphatic rings. The van der Waals surface area contributed by atoms with Crippen LogP contribution in [-0.4, -0.2) is 72.8 Å². The lowest BCUT2D eigenvalue weighted by atomic mass is 9.58. The van der Waals surface area contributed by atoms with Gasteiger partial charge in [0, 0.05) is 18.1 Å². The summed E-state index contributed by atoms with van der Waals surface area (Å²) < 4.78 is 21.0. The highest BCUT2D eigenvalue weighted by Gasteiger charge is 2.78. The van der Waals surface area contributed by atoms with Gasteiger partial charge >= 0.3 is 24.0 Å². The molecule has 1 saturated heterocycles. The lowest BCUT2D eigenvalue weighted by molar-refractivity contribution is -0.384. The summed E-state index contributed by atoms with van der Waals surface area (Å²) in [5, 5.41) is 14.4. The Morgan fingerprint density at radius 3 is 2.20 bits per heavy atom. The number of imide groups is 1. The lowest BCUT2D eigenvalue weighted by Gasteiger charge is -2.42. The van der Waals surface area contributed by atoms with E-state index in [0.29, 0.717) is 0 Å². The average Bonchev–Trinajstić information content (AvgIpc) is 3.42. The second-order valence-electron chi connectivity index (χ2n) is 11.3. The molecular formula is C30H33N3O11. The third kappa shape index (κ3) is 4.94. The van der Waals surface area contributed by atoms with E-state index in [4.69, 9.17) is 18.9 Å². The van der Waals surface area contributed by atoms with Gasteiger partial charge in [0.25, 0.3) is 5.69 Å². The maximum Gasteiger partial charge on any atom is 0.421 e. The molecule has 0 saturated carbocycles. The van der Waals surface area contributed by atoms with Gasteiger partial charge in [-0.15, -0.1) is 0 Å². The van der Waals surface area contributed by atoms with Crippen molar-refractivity contribution in [2.75, 3.05) is 25.7 Å². The minimum absolute atomic E-state index is 0.0446. The highest BCUT2D eigenvalue weighted by molar-refractivity contribution is 6.24. The number of fused-ring (bicyclic) bond motifs is 2. The summed E-state index contributed by atoms with van der Waals surface area (Å²) in [4.78, 5) is 81.1. The van der Waals surface area contributed by atoms with E-state index in [-0.39, 0.29) is 29.1 Å². The Bertz CT molecular complexity index is 1520. The minimum atomic E-state index is -2.34. The van der Waals surface area contributed by atoms with E-state index in [1.165, 1.54) is 36.4 Å². The highest BCUT2D eigenvalue weighted by Crippen LogP contribution is 2.62. The maximum absolute atomic E-state index is 15.1. The van der Waals surface area contributed by atoms with Crippen LogP contribution < -0.4 is 10.2 Å². The van der Waals surface area contributed by atoms with Crippen LogP contribution in [0.2, 0.25) is 0 Å². The normalized spacial score (nSPS) is 24.0. The molecule has 0 bridgehead atoms. The molecule has 4 rings (SSSR count). The molecule has 2 aliphatic heterocycles. The highest BCUT2D eigenvalue weighted by atomic mass is 16.6. The number of esters is 3. The van der Waals surface area contributed by atoms with E-state index in [2.05, 4.69) is 5.32 Å². The van der Waals surface area contributed by atoms with Crippen molar-refractivity contribution in [2.45, 2.75) is 62.6 Å². The molecule has 1 spiro atoms. The number of nitrogens with zero attached hydrogens (tertiary/aromatic N) is 2. The lowest BCUT2D eigenvalue weighted by Crippen LogP contribution is -2.66. The first-order valence-electron chi connectivity index (χ1n) is 13.7. The van der Waals surface area contributed by atoms with E-state index in [1.54, 1.807) is 39.8 Å². The van der Waals surface area contributed by atoms with Crippen molar-refractivity contribution < 1.29 is 47.8 Å². The van der Waals surface area contributed by atoms with E-state index in [1.807, 2.05) is 0 Å². The number of non-ortho nitro benzene ring substituents is 1. The molecule has 2 amide bonds. The molecule has 14 heteroatoms. The molecule has 234 valence electrons. The summed E-state index contributed by atoms with van der Waals surface area (Å²) in [5.74, 6) is -5.28. The number of nitro groups is 1. The van der Waals surface area contributed by atoms with Crippen LogP contribution >= 0.6 is 0 Å². The number of rotatable bonds is 7. The number of carbonyl (C=O) groups is 5. The van der Waals surface area contributed by atoms with Crippen molar-refractivity contribution >= 4 is 41.3 Å². The fourth-order valence-corrected chi connectivity index (χ4v) is 6.20. The Kier molecular flexibility index (Phi) is 8.51.